The highest BCUT2D eigenvalue weighted by Crippen LogP contribution is 2.25. The number of aliphatic carboxylic acids is 1. The van der Waals surface area contributed by atoms with Crippen LogP contribution >= 0.6 is 12.4 Å². The summed E-state index contributed by atoms with van der Waals surface area (Å²) in [7, 11) is 0. The van der Waals surface area contributed by atoms with E-state index in [4.69, 9.17) is 15.6 Å². The molecular weight excluding hydrogens is 294 g/mol. The Morgan fingerprint density at radius 1 is 1.57 bits per heavy atom. The number of aromatic nitrogens is 1. The molecule has 1 aliphatic heterocycles. The van der Waals surface area contributed by atoms with Gasteiger partial charge in [-0.25, -0.2) is 0 Å². The first-order valence-corrected chi connectivity index (χ1v) is 6.69. The standard InChI is InChI=1S/C14H21N3O3.ClH/c1-14(2)9-17(3-4-20-14)11-5-10(7-16-8-11)12(15)6-13(18)19;/h5,7-8,12H,3-4,6,9,15H2,1-2H3,(H,18,19);1H. The van der Waals surface area contributed by atoms with Gasteiger partial charge in [0.25, 0.3) is 0 Å². The molecule has 3 N–H and O–H groups in total. The van der Waals surface area contributed by atoms with E-state index in [1.165, 1.54) is 0 Å². The first-order valence-electron chi connectivity index (χ1n) is 6.69. The molecule has 1 aromatic rings. The fraction of sp³-hybridized carbons (Fsp3) is 0.571. The number of hydrogen-bond acceptors (Lipinski definition) is 5. The summed E-state index contributed by atoms with van der Waals surface area (Å²) < 4.78 is 5.68. The fourth-order valence-electron chi connectivity index (χ4n) is 2.36. The molecule has 0 amide bonds. The van der Waals surface area contributed by atoms with Gasteiger partial charge in [-0.05, 0) is 25.5 Å². The summed E-state index contributed by atoms with van der Waals surface area (Å²) in [6, 6.07) is 1.39. The van der Waals surface area contributed by atoms with Crippen molar-refractivity contribution in [3.05, 3.63) is 24.0 Å². The summed E-state index contributed by atoms with van der Waals surface area (Å²) in [5.41, 5.74) is 7.39. The minimum atomic E-state index is -0.907. The minimum absolute atomic E-state index is 0. The second kappa shape index (κ2) is 7.06. The van der Waals surface area contributed by atoms with Crippen LogP contribution in [0.4, 0.5) is 5.69 Å². The van der Waals surface area contributed by atoms with Crippen LogP contribution in [-0.2, 0) is 9.53 Å². The molecule has 0 radical (unpaired) electrons. The number of anilines is 1. The molecule has 1 atom stereocenters. The maximum absolute atomic E-state index is 10.7. The van der Waals surface area contributed by atoms with Crippen molar-refractivity contribution in [1.82, 2.24) is 4.98 Å². The van der Waals surface area contributed by atoms with Gasteiger partial charge in [0.15, 0.2) is 0 Å². The Labute approximate surface area is 130 Å². The monoisotopic (exact) mass is 315 g/mol. The van der Waals surface area contributed by atoms with Gasteiger partial charge in [0.2, 0.25) is 0 Å². The minimum Gasteiger partial charge on any atom is -0.481 e. The van der Waals surface area contributed by atoms with Crippen LogP contribution in [0.2, 0.25) is 0 Å². The van der Waals surface area contributed by atoms with Crippen LogP contribution in [-0.4, -0.2) is 41.4 Å². The molecule has 6 nitrogen and oxygen atoms in total. The van der Waals surface area contributed by atoms with Crippen LogP contribution < -0.4 is 10.6 Å². The van der Waals surface area contributed by atoms with Crippen LogP contribution in [0.15, 0.2) is 18.5 Å². The van der Waals surface area contributed by atoms with Crippen molar-refractivity contribution in [2.45, 2.75) is 31.9 Å². The van der Waals surface area contributed by atoms with Gasteiger partial charge >= 0.3 is 5.97 Å². The van der Waals surface area contributed by atoms with Crippen molar-refractivity contribution >= 4 is 24.1 Å². The predicted octanol–water partition coefficient (Wildman–Crippen LogP) is 1.59. The van der Waals surface area contributed by atoms with Gasteiger partial charge in [0.1, 0.15) is 0 Å². The van der Waals surface area contributed by atoms with E-state index < -0.39 is 12.0 Å². The molecule has 1 aromatic heterocycles. The molecule has 2 rings (SSSR count). The van der Waals surface area contributed by atoms with Crippen molar-refractivity contribution in [3.8, 4) is 0 Å². The average molecular weight is 316 g/mol. The van der Waals surface area contributed by atoms with Gasteiger partial charge in [-0.15, -0.1) is 12.4 Å². The number of nitrogens with zero attached hydrogens (tertiary/aromatic N) is 2. The lowest BCUT2D eigenvalue weighted by Gasteiger charge is -2.39. The van der Waals surface area contributed by atoms with Gasteiger partial charge in [0.05, 0.1) is 30.5 Å². The summed E-state index contributed by atoms with van der Waals surface area (Å²) >= 11 is 0. The molecule has 1 unspecified atom stereocenters. The summed E-state index contributed by atoms with van der Waals surface area (Å²) in [4.78, 5) is 17.1. The highest BCUT2D eigenvalue weighted by molar-refractivity contribution is 5.85. The molecule has 1 aliphatic rings. The Morgan fingerprint density at radius 3 is 2.90 bits per heavy atom. The molecule has 7 heteroatoms. The number of carboxylic acid groups (broad SMARTS) is 1. The number of carboxylic acids is 1. The summed E-state index contributed by atoms with van der Waals surface area (Å²) in [5.74, 6) is -0.907. The van der Waals surface area contributed by atoms with Crippen LogP contribution in [0.5, 0.6) is 0 Å². The normalized spacial score (nSPS) is 18.7. The molecule has 118 valence electrons. The molecule has 1 saturated heterocycles. The quantitative estimate of drug-likeness (QED) is 0.877. The topological polar surface area (TPSA) is 88.7 Å². The zero-order chi connectivity index (χ0) is 14.8. The molecule has 21 heavy (non-hydrogen) atoms. The largest absolute Gasteiger partial charge is 0.481 e. The lowest BCUT2D eigenvalue weighted by molar-refractivity contribution is -0.137. The maximum Gasteiger partial charge on any atom is 0.305 e. The Kier molecular flexibility index (Phi) is 5.95. The molecule has 0 aromatic carbocycles. The van der Waals surface area contributed by atoms with Crippen molar-refractivity contribution in [1.29, 1.82) is 0 Å². The van der Waals surface area contributed by atoms with Crippen molar-refractivity contribution < 1.29 is 14.6 Å². The van der Waals surface area contributed by atoms with Crippen molar-refractivity contribution in [3.63, 3.8) is 0 Å². The molecule has 0 aliphatic carbocycles. The SMILES string of the molecule is CC1(C)CN(c2cncc(C(N)CC(=O)O)c2)CCO1.Cl. The number of pyridine rings is 1. The highest BCUT2D eigenvalue weighted by Gasteiger charge is 2.27. The number of morpholine rings is 1. The molecule has 0 spiro atoms. The highest BCUT2D eigenvalue weighted by atomic mass is 35.5. The fourth-order valence-corrected chi connectivity index (χ4v) is 2.36. The number of ether oxygens (including phenoxy) is 1. The third-order valence-corrected chi connectivity index (χ3v) is 3.36. The number of rotatable bonds is 4. The lowest BCUT2D eigenvalue weighted by Crippen LogP contribution is -2.48. The van der Waals surface area contributed by atoms with E-state index in [0.29, 0.717) is 6.61 Å². The average Bonchev–Trinajstić information content (AvgIpc) is 2.37. The predicted molar refractivity (Wildman–Crippen MR) is 82.9 cm³/mol. The molecule has 0 bridgehead atoms. The van der Waals surface area contributed by atoms with Crippen LogP contribution in [0.3, 0.4) is 0 Å². The first-order chi connectivity index (χ1) is 9.37. The van der Waals surface area contributed by atoms with E-state index in [9.17, 15) is 4.79 Å². The zero-order valence-electron chi connectivity index (χ0n) is 12.3. The van der Waals surface area contributed by atoms with Crippen LogP contribution in [0, 0.1) is 0 Å². The lowest BCUT2D eigenvalue weighted by atomic mass is 10.0. The van der Waals surface area contributed by atoms with Gasteiger partial charge in [-0.1, -0.05) is 0 Å². The zero-order valence-corrected chi connectivity index (χ0v) is 13.1. The van der Waals surface area contributed by atoms with Gasteiger partial charge in [-0.2, -0.15) is 0 Å². The first kappa shape index (κ1) is 17.7. The van der Waals surface area contributed by atoms with Gasteiger partial charge < -0.3 is 20.5 Å². The number of nitrogens with two attached hydrogens (primary N) is 1. The number of halogens is 1. The van der Waals surface area contributed by atoms with E-state index in [2.05, 4.69) is 9.88 Å². The van der Waals surface area contributed by atoms with Crippen molar-refractivity contribution in [2.75, 3.05) is 24.6 Å². The third kappa shape index (κ3) is 4.84. The summed E-state index contributed by atoms with van der Waals surface area (Å²) in [6.45, 7) is 6.33. The molecule has 0 saturated carbocycles. The number of carbonyl (C=O) groups is 1. The Balaban J connectivity index is 0.00000220. The maximum atomic E-state index is 10.7. The van der Waals surface area contributed by atoms with Crippen molar-refractivity contribution in [2.24, 2.45) is 5.73 Å². The van der Waals surface area contributed by atoms with Gasteiger partial charge in [-0.3, -0.25) is 9.78 Å². The van der Waals surface area contributed by atoms with E-state index in [0.717, 1.165) is 24.3 Å². The second-order valence-corrected chi connectivity index (χ2v) is 5.71. The molecule has 2 heterocycles. The molecule has 1 fully saturated rings. The Hall–Kier alpha value is -1.37. The Morgan fingerprint density at radius 2 is 2.29 bits per heavy atom. The van der Waals surface area contributed by atoms with E-state index in [1.54, 1.807) is 12.4 Å². The van der Waals surface area contributed by atoms with Gasteiger partial charge in [0, 0.05) is 25.3 Å². The number of hydrogen-bond donors (Lipinski definition) is 2. The summed E-state index contributed by atoms with van der Waals surface area (Å²) in [6.07, 6.45) is 3.31. The second-order valence-electron chi connectivity index (χ2n) is 5.71. The Bertz CT molecular complexity index is 496. The van der Waals surface area contributed by atoms with E-state index in [1.807, 2.05) is 19.9 Å². The third-order valence-electron chi connectivity index (χ3n) is 3.36. The molecular formula is C14H22ClN3O3. The summed E-state index contributed by atoms with van der Waals surface area (Å²) in [5, 5.41) is 8.80. The van der Waals surface area contributed by atoms with Crippen LogP contribution in [0.1, 0.15) is 31.9 Å². The van der Waals surface area contributed by atoms with E-state index >= 15 is 0 Å². The smallest absolute Gasteiger partial charge is 0.305 e. The van der Waals surface area contributed by atoms with Crippen LogP contribution in [0.25, 0.3) is 0 Å². The van der Waals surface area contributed by atoms with E-state index in [-0.39, 0.29) is 24.4 Å².